The van der Waals surface area contributed by atoms with Gasteiger partial charge in [-0.3, -0.25) is 0 Å². The Morgan fingerprint density at radius 2 is 1.88 bits per heavy atom. The highest BCUT2D eigenvalue weighted by Gasteiger charge is 2.32. The van der Waals surface area contributed by atoms with Gasteiger partial charge in [-0.05, 0) is 45.4 Å². The van der Waals surface area contributed by atoms with Crippen LogP contribution in [0, 0.1) is 5.92 Å². The van der Waals surface area contributed by atoms with Crippen molar-refractivity contribution in [3.8, 4) is 0 Å². The molecule has 3 nitrogen and oxygen atoms in total. The first-order valence-corrected chi connectivity index (χ1v) is 6.50. The highest BCUT2D eigenvalue weighted by Crippen LogP contribution is 2.33. The molecule has 1 aliphatic rings. The summed E-state index contributed by atoms with van der Waals surface area (Å²) in [5.74, 6) is 0.801. The van der Waals surface area contributed by atoms with E-state index in [0.29, 0.717) is 13.1 Å². The van der Waals surface area contributed by atoms with Gasteiger partial charge in [0.1, 0.15) is 0 Å². The predicted octanol–water partition coefficient (Wildman–Crippen LogP) is 1.68. The third-order valence-corrected chi connectivity index (χ3v) is 3.62. The topological polar surface area (TPSA) is 52.5 Å². The van der Waals surface area contributed by atoms with E-state index >= 15 is 0 Å². The maximum atomic E-state index is 10.3. The quantitative estimate of drug-likeness (QED) is 0.672. The van der Waals surface area contributed by atoms with Crippen LogP contribution in [-0.4, -0.2) is 34.5 Å². The minimum absolute atomic E-state index is 0.534. The molecule has 1 aliphatic carbocycles. The Morgan fingerprint density at radius 1 is 1.31 bits per heavy atom. The minimum Gasteiger partial charge on any atom is -0.389 e. The smallest absolute Gasteiger partial charge is 0.0771 e. The van der Waals surface area contributed by atoms with Gasteiger partial charge >= 0.3 is 0 Å². The Balaban J connectivity index is 2.26. The van der Waals surface area contributed by atoms with E-state index in [4.69, 9.17) is 0 Å². The molecule has 0 aromatic rings. The first-order chi connectivity index (χ1) is 7.35. The van der Waals surface area contributed by atoms with Crippen LogP contribution in [0.2, 0.25) is 0 Å². The summed E-state index contributed by atoms with van der Waals surface area (Å²) in [6.45, 7) is 6.91. The van der Waals surface area contributed by atoms with Gasteiger partial charge in [0.15, 0.2) is 0 Å². The molecule has 0 unspecified atom stereocenters. The van der Waals surface area contributed by atoms with Crippen molar-refractivity contribution in [2.45, 2.75) is 64.1 Å². The first-order valence-electron chi connectivity index (χ1n) is 6.50. The average Bonchev–Trinajstić information content (AvgIpc) is 2.17. The maximum absolute atomic E-state index is 10.3. The van der Waals surface area contributed by atoms with Crippen LogP contribution in [0.15, 0.2) is 0 Å². The number of aliphatic hydroxyl groups is 2. The summed E-state index contributed by atoms with van der Waals surface area (Å²) in [4.78, 5) is 0. The van der Waals surface area contributed by atoms with E-state index in [2.05, 4.69) is 12.2 Å². The van der Waals surface area contributed by atoms with Gasteiger partial charge in [-0.2, -0.15) is 0 Å². The van der Waals surface area contributed by atoms with Crippen LogP contribution >= 0.6 is 0 Å². The molecule has 1 rings (SSSR count). The summed E-state index contributed by atoms with van der Waals surface area (Å²) in [6, 6.07) is 0. The van der Waals surface area contributed by atoms with Crippen molar-refractivity contribution < 1.29 is 10.2 Å². The minimum atomic E-state index is -0.697. The molecule has 0 saturated heterocycles. The number of hydrogen-bond donors (Lipinski definition) is 3. The second kappa shape index (κ2) is 5.48. The molecule has 16 heavy (non-hydrogen) atoms. The molecular weight excluding hydrogens is 202 g/mol. The van der Waals surface area contributed by atoms with Crippen LogP contribution in [-0.2, 0) is 0 Å². The SMILES string of the molecule is CCC1CCC(O)(CNCC(C)(C)O)CC1. The molecule has 3 heteroatoms. The third-order valence-electron chi connectivity index (χ3n) is 3.62. The normalized spacial score (nSPS) is 31.7. The van der Waals surface area contributed by atoms with Crippen molar-refractivity contribution in [1.29, 1.82) is 0 Å². The average molecular weight is 229 g/mol. The number of rotatable bonds is 5. The zero-order valence-electron chi connectivity index (χ0n) is 10.9. The molecule has 0 aliphatic heterocycles. The summed E-state index contributed by atoms with van der Waals surface area (Å²) in [7, 11) is 0. The first kappa shape index (κ1) is 13.9. The molecule has 0 heterocycles. The Morgan fingerprint density at radius 3 is 2.31 bits per heavy atom. The number of nitrogens with one attached hydrogen (secondary N) is 1. The van der Waals surface area contributed by atoms with Crippen molar-refractivity contribution in [2.24, 2.45) is 5.92 Å². The summed E-state index contributed by atoms with van der Waals surface area (Å²) in [5.41, 5.74) is -1.24. The second-order valence-corrected chi connectivity index (χ2v) is 5.99. The van der Waals surface area contributed by atoms with Crippen LogP contribution in [0.1, 0.15) is 52.9 Å². The van der Waals surface area contributed by atoms with Gasteiger partial charge < -0.3 is 15.5 Å². The molecular formula is C13H27NO2. The zero-order chi connectivity index (χ0) is 12.2. The van der Waals surface area contributed by atoms with E-state index in [0.717, 1.165) is 31.6 Å². The van der Waals surface area contributed by atoms with Crippen LogP contribution in [0.25, 0.3) is 0 Å². The fourth-order valence-corrected chi connectivity index (χ4v) is 2.40. The van der Waals surface area contributed by atoms with Crippen LogP contribution in [0.3, 0.4) is 0 Å². The summed E-state index contributed by atoms with van der Waals surface area (Å²) < 4.78 is 0. The van der Waals surface area contributed by atoms with E-state index < -0.39 is 11.2 Å². The molecule has 1 fully saturated rings. The maximum Gasteiger partial charge on any atom is 0.0771 e. The van der Waals surface area contributed by atoms with Gasteiger partial charge in [0.25, 0.3) is 0 Å². The van der Waals surface area contributed by atoms with Gasteiger partial charge in [0.2, 0.25) is 0 Å². The predicted molar refractivity (Wildman–Crippen MR) is 66.4 cm³/mol. The van der Waals surface area contributed by atoms with E-state index in [9.17, 15) is 10.2 Å². The molecule has 0 amide bonds. The summed E-state index contributed by atoms with van der Waals surface area (Å²) >= 11 is 0. The number of hydrogen-bond acceptors (Lipinski definition) is 3. The van der Waals surface area contributed by atoms with Crippen molar-refractivity contribution in [2.75, 3.05) is 13.1 Å². The van der Waals surface area contributed by atoms with Crippen molar-refractivity contribution in [3.63, 3.8) is 0 Å². The van der Waals surface area contributed by atoms with Crippen molar-refractivity contribution >= 4 is 0 Å². The van der Waals surface area contributed by atoms with Gasteiger partial charge in [-0.25, -0.2) is 0 Å². The molecule has 0 atom stereocenters. The van der Waals surface area contributed by atoms with E-state index in [1.807, 2.05) is 0 Å². The monoisotopic (exact) mass is 229 g/mol. The molecule has 0 aromatic heterocycles. The highest BCUT2D eigenvalue weighted by molar-refractivity contribution is 4.87. The van der Waals surface area contributed by atoms with Gasteiger partial charge in [0.05, 0.1) is 11.2 Å². The molecule has 3 N–H and O–H groups in total. The molecule has 0 bridgehead atoms. The molecule has 0 aromatic carbocycles. The van der Waals surface area contributed by atoms with E-state index in [-0.39, 0.29) is 0 Å². The molecule has 0 radical (unpaired) electrons. The van der Waals surface area contributed by atoms with Crippen LogP contribution in [0.5, 0.6) is 0 Å². The Labute approximate surface area is 99.3 Å². The summed E-state index contributed by atoms with van der Waals surface area (Å²) in [6.07, 6.45) is 5.29. The van der Waals surface area contributed by atoms with Gasteiger partial charge in [-0.15, -0.1) is 0 Å². The van der Waals surface area contributed by atoms with Crippen LogP contribution < -0.4 is 5.32 Å². The van der Waals surface area contributed by atoms with Gasteiger partial charge in [-0.1, -0.05) is 13.3 Å². The Bertz CT molecular complexity index is 202. The van der Waals surface area contributed by atoms with Crippen LogP contribution in [0.4, 0.5) is 0 Å². The Kier molecular flexibility index (Phi) is 4.77. The van der Waals surface area contributed by atoms with E-state index in [1.165, 1.54) is 6.42 Å². The largest absolute Gasteiger partial charge is 0.389 e. The fraction of sp³-hybridized carbons (Fsp3) is 1.00. The molecule has 96 valence electrons. The zero-order valence-corrected chi connectivity index (χ0v) is 10.9. The lowest BCUT2D eigenvalue weighted by molar-refractivity contribution is -0.0137. The molecule has 0 spiro atoms. The van der Waals surface area contributed by atoms with E-state index in [1.54, 1.807) is 13.8 Å². The van der Waals surface area contributed by atoms with Crippen molar-refractivity contribution in [3.05, 3.63) is 0 Å². The fourth-order valence-electron chi connectivity index (χ4n) is 2.40. The lowest BCUT2D eigenvalue weighted by Gasteiger charge is -2.36. The summed E-state index contributed by atoms with van der Waals surface area (Å²) in [5, 5.41) is 23.1. The lowest BCUT2D eigenvalue weighted by Crippen LogP contribution is -2.47. The van der Waals surface area contributed by atoms with Crippen molar-refractivity contribution in [1.82, 2.24) is 5.32 Å². The lowest BCUT2D eigenvalue weighted by atomic mass is 9.78. The Hall–Kier alpha value is -0.120. The highest BCUT2D eigenvalue weighted by atomic mass is 16.3. The third kappa shape index (κ3) is 4.81. The molecule has 1 saturated carbocycles. The second-order valence-electron chi connectivity index (χ2n) is 5.99. The van der Waals surface area contributed by atoms with Gasteiger partial charge in [0, 0.05) is 13.1 Å². The standard InChI is InChI=1S/C13H27NO2/c1-4-11-5-7-13(16,8-6-11)10-14-9-12(2,3)15/h11,14-16H,4-10H2,1-3H3.